The zero-order valence-corrected chi connectivity index (χ0v) is 44.7. The maximum Gasteiger partial charge on any atom is 0.338 e. The van der Waals surface area contributed by atoms with Crippen LogP contribution in [0.3, 0.4) is 0 Å². The van der Waals surface area contributed by atoms with Crippen molar-refractivity contribution in [1.82, 2.24) is 0 Å². The Morgan fingerprint density at radius 1 is 0.443 bits per heavy atom. The lowest BCUT2D eigenvalue weighted by Crippen LogP contribution is -2.67. The smallest absolute Gasteiger partial charge is 0.338 e. The fraction of sp³-hybridized carbons (Fsp3) is 0.397. The predicted octanol–water partition coefficient (Wildman–Crippen LogP) is 5.14. The van der Waals surface area contributed by atoms with Crippen LogP contribution < -0.4 is 0 Å². The summed E-state index contributed by atoms with van der Waals surface area (Å²) in [6.07, 6.45) is -25.6. The lowest BCUT2D eigenvalue weighted by molar-refractivity contribution is -0.373. The normalized spacial score (nSPS) is 28.8. The van der Waals surface area contributed by atoms with E-state index in [1.807, 2.05) is 0 Å². The second-order valence-electron chi connectivity index (χ2n) is 20.2. The van der Waals surface area contributed by atoms with Crippen LogP contribution in [0.5, 0.6) is 0 Å². The fourth-order valence-corrected chi connectivity index (χ4v) is 9.68. The van der Waals surface area contributed by atoms with Crippen molar-refractivity contribution in [1.29, 1.82) is 0 Å². The zero-order chi connectivity index (χ0) is 56.2. The monoisotopic (exact) mass is 1110 g/mol. The fourth-order valence-electron chi connectivity index (χ4n) is 8.95. The molecule has 15 atom stereocenters. The van der Waals surface area contributed by atoms with Crippen LogP contribution in [0.1, 0.15) is 58.7 Å². The molecule has 21 heteroatoms. The third-order valence-corrected chi connectivity index (χ3v) is 15.0. The topological polar surface area (TPSA) is 268 Å². The van der Waals surface area contributed by atoms with Crippen LogP contribution in [0.25, 0.3) is 0 Å². The van der Waals surface area contributed by atoms with E-state index in [4.69, 9.17) is 52.1 Å². The molecule has 3 aliphatic heterocycles. The van der Waals surface area contributed by atoms with Gasteiger partial charge in [-0.1, -0.05) is 111 Å². The highest BCUT2D eigenvalue weighted by Gasteiger charge is 2.58. The van der Waals surface area contributed by atoms with Gasteiger partial charge in [-0.15, -0.1) is 0 Å². The van der Waals surface area contributed by atoms with E-state index in [9.17, 15) is 44.4 Å². The maximum atomic E-state index is 14.5. The summed E-state index contributed by atoms with van der Waals surface area (Å²) in [6, 6.07) is 40.0. The van der Waals surface area contributed by atoms with E-state index in [-0.39, 0.29) is 34.4 Å². The molecule has 0 radical (unpaired) electrons. The first-order valence-electron chi connectivity index (χ1n) is 25.8. The van der Waals surface area contributed by atoms with Gasteiger partial charge >= 0.3 is 29.8 Å². The van der Waals surface area contributed by atoms with Crippen molar-refractivity contribution in [2.75, 3.05) is 19.8 Å². The van der Waals surface area contributed by atoms with Gasteiger partial charge in [0, 0.05) is 14.7 Å². The van der Waals surface area contributed by atoms with Crippen molar-refractivity contribution < 1.29 is 96.5 Å². The molecule has 0 aliphatic carbocycles. The third-order valence-electron chi connectivity index (χ3n) is 13.3. The van der Waals surface area contributed by atoms with Crippen molar-refractivity contribution in [2.24, 2.45) is 0 Å². The highest BCUT2D eigenvalue weighted by molar-refractivity contribution is 6.76. The van der Waals surface area contributed by atoms with Crippen LogP contribution in [0.2, 0.25) is 25.7 Å². The summed E-state index contributed by atoms with van der Waals surface area (Å²) in [4.78, 5) is 71.3. The molecule has 3 saturated heterocycles. The average Bonchev–Trinajstić information content (AvgIpc) is 3.47. The minimum atomic E-state index is -1.95. The number of esters is 5. The summed E-state index contributed by atoms with van der Waals surface area (Å²) in [5.41, 5.74) is 0.412. The first-order valence-corrected chi connectivity index (χ1v) is 29.5. The zero-order valence-electron chi connectivity index (χ0n) is 43.7. The van der Waals surface area contributed by atoms with Gasteiger partial charge in [0.05, 0.1) is 40.5 Å². The molecule has 3 aliphatic rings. The second-order valence-corrected chi connectivity index (χ2v) is 25.9. The number of rotatable bonds is 20. The van der Waals surface area contributed by atoms with Crippen LogP contribution in [-0.4, -0.2) is 170 Å². The number of hydrogen-bond acceptors (Lipinski definition) is 20. The van der Waals surface area contributed by atoms with E-state index < -0.39 is 143 Å². The van der Waals surface area contributed by atoms with Crippen LogP contribution in [-0.2, 0) is 52.1 Å². The molecular formula is C58H64O20Si. The third kappa shape index (κ3) is 14.9. The van der Waals surface area contributed by atoms with Gasteiger partial charge in [0.25, 0.3) is 0 Å². The second kappa shape index (κ2) is 26.9. The van der Waals surface area contributed by atoms with Gasteiger partial charge in [-0.2, -0.15) is 0 Å². The molecule has 0 spiro atoms. The highest BCUT2D eigenvalue weighted by Crippen LogP contribution is 2.38. The van der Waals surface area contributed by atoms with E-state index in [2.05, 4.69) is 19.6 Å². The van der Waals surface area contributed by atoms with Crippen LogP contribution in [0, 0.1) is 0 Å². The van der Waals surface area contributed by atoms with E-state index in [1.165, 1.54) is 67.6 Å². The molecule has 4 N–H and O–H groups in total. The summed E-state index contributed by atoms with van der Waals surface area (Å²) in [7, 11) is -1.82. The Bertz CT molecular complexity index is 2770. The lowest BCUT2D eigenvalue weighted by atomic mass is 9.95. The molecule has 0 aromatic heterocycles. The quantitative estimate of drug-likeness (QED) is 0.0446. The molecular weight excluding hydrogens is 1040 g/mol. The number of aliphatic hydroxyl groups excluding tert-OH is 4. The Morgan fingerprint density at radius 3 is 1.25 bits per heavy atom. The predicted molar refractivity (Wildman–Crippen MR) is 280 cm³/mol. The van der Waals surface area contributed by atoms with E-state index in [0.29, 0.717) is 6.04 Å². The Kier molecular flexibility index (Phi) is 19.9. The number of carbonyl (C=O) groups excluding carboxylic acids is 5. The molecule has 3 fully saturated rings. The number of aliphatic hydroxyl groups is 4. The van der Waals surface area contributed by atoms with Crippen molar-refractivity contribution >= 4 is 37.9 Å². The summed E-state index contributed by atoms with van der Waals surface area (Å²) in [5.74, 6) is -4.53. The Morgan fingerprint density at radius 2 is 0.823 bits per heavy atom. The van der Waals surface area contributed by atoms with E-state index >= 15 is 0 Å². The molecule has 5 aromatic carbocycles. The molecule has 5 aromatic rings. The van der Waals surface area contributed by atoms with Crippen molar-refractivity contribution in [3.8, 4) is 0 Å². The SMILES string of the molecule is C[C@H]1O[C@@H](O[C@H]2[C@H](OC(=O)c3ccccc3)[C@@H](OC(=O)c3ccccc3)[C@H](OCC[Si](C)(C)C)O[C@@H]2COC(=O)c2ccccc2)[C@H](OC(=O)c2ccccc2)[C@@H](OC(=O)c2ccccc2)[C@H]1O[C@H]1O[C@H](CO)[C@H](O)[C@H](O)[C@H]1O. The number of benzene rings is 5. The molecule has 8 rings (SSSR count). The molecule has 0 bridgehead atoms. The van der Waals surface area contributed by atoms with Gasteiger partial charge in [0.15, 0.2) is 43.3 Å². The molecule has 0 unspecified atom stereocenters. The number of ether oxygens (including phenoxy) is 11. The van der Waals surface area contributed by atoms with E-state index in [0.717, 1.165) is 0 Å². The van der Waals surface area contributed by atoms with Gasteiger partial charge in [-0.3, -0.25) is 0 Å². The summed E-state index contributed by atoms with van der Waals surface area (Å²) < 4.78 is 69.8. The summed E-state index contributed by atoms with van der Waals surface area (Å²) in [5, 5.41) is 42.8. The minimum absolute atomic E-state index is 0.0203. The first kappa shape index (κ1) is 58.4. The van der Waals surface area contributed by atoms with Gasteiger partial charge in [-0.25, -0.2) is 24.0 Å². The lowest BCUT2D eigenvalue weighted by Gasteiger charge is -2.49. The van der Waals surface area contributed by atoms with Crippen molar-refractivity contribution in [3.63, 3.8) is 0 Å². The molecule has 0 amide bonds. The average molecular weight is 1110 g/mol. The standard InChI is InChI=1S/C58H64O20Si/c1-34-45(77-56-44(62)43(61)42(60)40(32-59)71-56)47(73-52(64)36-22-12-6-13-23-36)50(76-55(67)39-28-18-9-19-29-39)58(70-34)78-46-41(33-69-51(63)35-20-10-5-11-21-35)72-57(68-30-31-79(2,3)4)49(75-54(66)38-26-16-8-17-27-38)48(46)74-53(65)37-24-14-7-15-25-37/h5-29,34,40-50,56-62H,30-33H2,1-4H3/t34-,40-,41-,42+,43+,44-,45+,46-,47+,48+,49-,50-,56-,57-,58+/m1/s1. The number of carbonyl (C=O) groups is 5. The Balaban J connectivity index is 1.26. The van der Waals surface area contributed by atoms with Gasteiger partial charge < -0.3 is 72.5 Å². The Labute approximate surface area is 456 Å². The molecule has 79 heavy (non-hydrogen) atoms. The largest absolute Gasteiger partial charge is 0.459 e. The van der Waals surface area contributed by atoms with E-state index in [1.54, 1.807) is 91.0 Å². The molecule has 420 valence electrons. The molecule has 0 saturated carbocycles. The van der Waals surface area contributed by atoms with Crippen molar-refractivity contribution in [3.05, 3.63) is 179 Å². The van der Waals surface area contributed by atoms with Crippen LogP contribution >= 0.6 is 0 Å². The van der Waals surface area contributed by atoms with Crippen LogP contribution in [0.15, 0.2) is 152 Å². The van der Waals surface area contributed by atoms with Crippen molar-refractivity contribution in [2.45, 2.75) is 125 Å². The molecule has 20 nitrogen and oxygen atoms in total. The van der Waals surface area contributed by atoms with Gasteiger partial charge in [-0.05, 0) is 73.6 Å². The molecule has 3 heterocycles. The van der Waals surface area contributed by atoms with Gasteiger partial charge in [0.1, 0.15) is 49.3 Å². The highest BCUT2D eigenvalue weighted by atomic mass is 28.3. The van der Waals surface area contributed by atoms with Gasteiger partial charge in [0.2, 0.25) is 0 Å². The Hall–Kier alpha value is -6.73. The summed E-state index contributed by atoms with van der Waals surface area (Å²) in [6.45, 7) is 6.49. The number of hydrogen-bond donors (Lipinski definition) is 4. The maximum absolute atomic E-state index is 14.5. The minimum Gasteiger partial charge on any atom is -0.459 e. The van der Waals surface area contributed by atoms with Crippen LogP contribution in [0.4, 0.5) is 0 Å². The first-order chi connectivity index (χ1) is 38.0. The summed E-state index contributed by atoms with van der Waals surface area (Å²) >= 11 is 0.